The SMILES string of the molecule is O=C(CSc1ccc(NC(=O)/C(=C/c2cccs2)NC(=O)c2ccccc2)cc1)Nc1cccc(Cl)c1. The van der Waals surface area contributed by atoms with Crippen LogP contribution in [-0.4, -0.2) is 23.5 Å². The summed E-state index contributed by atoms with van der Waals surface area (Å²) in [5, 5.41) is 10.8. The number of hydrogen-bond donors (Lipinski definition) is 3. The molecule has 0 spiro atoms. The lowest BCUT2D eigenvalue weighted by Gasteiger charge is -2.11. The molecule has 1 heterocycles. The molecule has 1 aromatic heterocycles. The first kappa shape index (κ1) is 26.2. The van der Waals surface area contributed by atoms with E-state index in [9.17, 15) is 14.4 Å². The lowest BCUT2D eigenvalue weighted by atomic mass is 10.2. The molecule has 0 bridgehead atoms. The van der Waals surface area contributed by atoms with E-state index in [0.29, 0.717) is 22.0 Å². The van der Waals surface area contributed by atoms with Crippen LogP contribution in [0.3, 0.4) is 0 Å². The molecule has 3 N–H and O–H groups in total. The molecule has 0 fully saturated rings. The van der Waals surface area contributed by atoms with Crippen LogP contribution in [0.25, 0.3) is 6.08 Å². The summed E-state index contributed by atoms with van der Waals surface area (Å²) >= 11 is 8.78. The summed E-state index contributed by atoms with van der Waals surface area (Å²) in [6, 6.07) is 26.5. The molecule has 4 aromatic rings. The smallest absolute Gasteiger partial charge is 0.272 e. The van der Waals surface area contributed by atoms with Crippen molar-refractivity contribution in [1.82, 2.24) is 5.32 Å². The molecule has 37 heavy (non-hydrogen) atoms. The van der Waals surface area contributed by atoms with Gasteiger partial charge in [0.2, 0.25) is 5.91 Å². The Balaban J connectivity index is 1.36. The Kier molecular flexibility index (Phi) is 9.15. The summed E-state index contributed by atoms with van der Waals surface area (Å²) in [7, 11) is 0. The van der Waals surface area contributed by atoms with Crippen LogP contribution in [0.4, 0.5) is 11.4 Å². The quantitative estimate of drug-likeness (QED) is 0.164. The van der Waals surface area contributed by atoms with Crippen LogP contribution in [0.15, 0.2) is 107 Å². The molecule has 0 saturated carbocycles. The van der Waals surface area contributed by atoms with Crippen molar-refractivity contribution in [3.05, 3.63) is 118 Å². The Morgan fingerprint density at radius 1 is 0.838 bits per heavy atom. The lowest BCUT2D eigenvalue weighted by molar-refractivity contribution is -0.114. The minimum atomic E-state index is -0.445. The summed E-state index contributed by atoms with van der Waals surface area (Å²) in [6.45, 7) is 0. The molecule has 186 valence electrons. The normalized spacial score (nSPS) is 11.0. The Morgan fingerprint density at radius 3 is 2.32 bits per heavy atom. The maximum Gasteiger partial charge on any atom is 0.272 e. The van der Waals surface area contributed by atoms with Crippen molar-refractivity contribution in [2.45, 2.75) is 4.90 Å². The van der Waals surface area contributed by atoms with Crippen LogP contribution in [-0.2, 0) is 9.59 Å². The van der Waals surface area contributed by atoms with Crippen molar-refractivity contribution in [2.75, 3.05) is 16.4 Å². The largest absolute Gasteiger partial charge is 0.325 e. The van der Waals surface area contributed by atoms with Crippen molar-refractivity contribution in [3.63, 3.8) is 0 Å². The van der Waals surface area contributed by atoms with Gasteiger partial charge in [0, 0.05) is 31.7 Å². The van der Waals surface area contributed by atoms with Crippen molar-refractivity contribution >= 4 is 69.9 Å². The van der Waals surface area contributed by atoms with Crippen LogP contribution < -0.4 is 16.0 Å². The lowest BCUT2D eigenvalue weighted by Crippen LogP contribution is -2.30. The van der Waals surface area contributed by atoms with E-state index in [-0.39, 0.29) is 23.3 Å². The van der Waals surface area contributed by atoms with Crippen molar-refractivity contribution in [1.29, 1.82) is 0 Å². The van der Waals surface area contributed by atoms with Gasteiger partial charge in [-0.25, -0.2) is 0 Å². The number of thioether (sulfide) groups is 1. The van der Waals surface area contributed by atoms with Crippen LogP contribution in [0.1, 0.15) is 15.2 Å². The third kappa shape index (κ3) is 8.08. The van der Waals surface area contributed by atoms with E-state index >= 15 is 0 Å². The van der Waals surface area contributed by atoms with Gasteiger partial charge in [0.05, 0.1) is 5.75 Å². The highest BCUT2D eigenvalue weighted by Gasteiger charge is 2.15. The number of hydrogen-bond acceptors (Lipinski definition) is 5. The topological polar surface area (TPSA) is 87.3 Å². The zero-order valence-electron chi connectivity index (χ0n) is 19.4. The number of halogens is 1. The fourth-order valence-corrected chi connectivity index (χ4v) is 4.75. The third-order valence-electron chi connectivity index (χ3n) is 4.95. The summed E-state index contributed by atoms with van der Waals surface area (Å²) in [5.41, 5.74) is 1.78. The van der Waals surface area contributed by atoms with Gasteiger partial charge in [-0.3, -0.25) is 14.4 Å². The summed E-state index contributed by atoms with van der Waals surface area (Å²) in [4.78, 5) is 39.7. The summed E-state index contributed by atoms with van der Waals surface area (Å²) in [5.74, 6) is -0.750. The van der Waals surface area contributed by atoms with E-state index in [0.717, 1.165) is 9.77 Å². The van der Waals surface area contributed by atoms with Gasteiger partial charge in [-0.05, 0) is 72.1 Å². The molecule has 0 unspecified atom stereocenters. The van der Waals surface area contributed by atoms with Gasteiger partial charge in [0.25, 0.3) is 11.8 Å². The molecule has 0 radical (unpaired) electrons. The number of nitrogens with one attached hydrogen (secondary N) is 3. The van der Waals surface area contributed by atoms with E-state index in [1.54, 1.807) is 66.7 Å². The van der Waals surface area contributed by atoms with E-state index in [1.807, 2.05) is 35.7 Å². The molecule has 3 amide bonds. The summed E-state index contributed by atoms with van der Waals surface area (Å²) < 4.78 is 0. The molecule has 0 atom stereocenters. The fourth-order valence-electron chi connectivity index (χ4n) is 3.20. The number of thiophene rings is 1. The Morgan fingerprint density at radius 2 is 1.62 bits per heavy atom. The first-order valence-corrected chi connectivity index (χ1v) is 13.4. The Labute approximate surface area is 227 Å². The number of amides is 3. The third-order valence-corrected chi connectivity index (χ3v) is 7.02. The standard InChI is InChI=1S/C28H22ClN3O3S2/c29-20-8-4-9-22(16-20)30-26(33)18-37-23-13-11-21(12-14-23)31-28(35)25(17-24-10-5-15-36-24)32-27(34)19-6-2-1-3-7-19/h1-17H,18H2,(H,30,33)(H,31,35)(H,32,34)/b25-17-. The second kappa shape index (κ2) is 12.9. The van der Waals surface area contributed by atoms with Gasteiger partial charge in [-0.1, -0.05) is 41.9 Å². The van der Waals surface area contributed by atoms with Crippen LogP contribution >= 0.6 is 34.7 Å². The van der Waals surface area contributed by atoms with Crippen molar-refractivity contribution in [3.8, 4) is 0 Å². The van der Waals surface area contributed by atoms with Crippen LogP contribution in [0, 0.1) is 0 Å². The predicted octanol–water partition coefficient (Wildman–Crippen LogP) is 6.54. The zero-order chi connectivity index (χ0) is 26.0. The average Bonchev–Trinajstić information content (AvgIpc) is 3.41. The highest BCUT2D eigenvalue weighted by Crippen LogP contribution is 2.22. The highest BCUT2D eigenvalue weighted by atomic mass is 35.5. The van der Waals surface area contributed by atoms with Gasteiger partial charge >= 0.3 is 0 Å². The number of anilines is 2. The van der Waals surface area contributed by atoms with Crippen LogP contribution in [0.5, 0.6) is 0 Å². The van der Waals surface area contributed by atoms with Gasteiger partial charge < -0.3 is 16.0 Å². The molecule has 3 aromatic carbocycles. The average molecular weight is 548 g/mol. The van der Waals surface area contributed by atoms with Gasteiger partial charge in [0.15, 0.2) is 0 Å². The number of benzene rings is 3. The fraction of sp³-hybridized carbons (Fsp3) is 0.0357. The molecular formula is C28H22ClN3O3S2. The Bertz CT molecular complexity index is 1410. The molecule has 0 saturated heterocycles. The Hall–Kier alpha value is -3.85. The minimum absolute atomic E-state index is 0.132. The van der Waals surface area contributed by atoms with E-state index < -0.39 is 5.91 Å². The minimum Gasteiger partial charge on any atom is -0.325 e. The molecule has 4 rings (SSSR count). The maximum atomic E-state index is 13.0. The second-order valence-electron chi connectivity index (χ2n) is 7.72. The molecule has 0 aliphatic carbocycles. The molecule has 9 heteroatoms. The van der Waals surface area contributed by atoms with Gasteiger partial charge in [0.1, 0.15) is 5.70 Å². The first-order chi connectivity index (χ1) is 18.0. The summed E-state index contributed by atoms with van der Waals surface area (Å²) in [6.07, 6.45) is 1.64. The molecule has 6 nitrogen and oxygen atoms in total. The van der Waals surface area contributed by atoms with Gasteiger partial charge in [-0.15, -0.1) is 23.1 Å². The molecular weight excluding hydrogens is 526 g/mol. The number of rotatable bonds is 9. The predicted molar refractivity (Wildman–Crippen MR) is 152 cm³/mol. The monoisotopic (exact) mass is 547 g/mol. The van der Waals surface area contributed by atoms with E-state index in [1.165, 1.54) is 23.1 Å². The first-order valence-electron chi connectivity index (χ1n) is 11.2. The van der Waals surface area contributed by atoms with Gasteiger partial charge in [-0.2, -0.15) is 0 Å². The zero-order valence-corrected chi connectivity index (χ0v) is 21.8. The molecule has 0 aliphatic heterocycles. The maximum absolute atomic E-state index is 13.0. The van der Waals surface area contributed by atoms with Crippen LogP contribution in [0.2, 0.25) is 5.02 Å². The highest BCUT2D eigenvalue weighted by molar-refractivity contribution is 8.00. The van der Waals surface area contributed by atoms with Crippen molar-refractivity contribution < 1.29 is 14.4 Å². The van der Waals surface area contributed by atoms with Crippen molar-refractivity contribution in [2.24, 2.45) is 0 Å². The number of carbonyl (C=O) groups is 3. The molecule has 0 aliphatic rings. The van der Waals surface area contributed by atoms with E-state index in [2.05, 4.69) is 16.0 Å². The van der Waals surface area contributed by atoms with E-state index in [4.69, 9.17) is 11.6 Å². The number of carbonyl (C=O) groups excluding carboxylic acids is 3. The second-order valence-corrected chi connectivity index (χ2v) is 10.2.